The lowest BCUT2D eigenvalue weighted by atomic mass is 10.3. The van der Waals surface area contributed by atoms with Gasteiger partial charge in [0.15, 0.2) is 0 Å². The Labute approximate surface area is 101 Å². The molecule has 0 aliphatic rings. The molecule has 0 radical (unpaired) electrons. The van der Waals surface area contributed by atoms with Gasteiger partial charge in [-0.15, -0.1) is 0 Å². The van der Waals surface area contributed by atoms with E-state index in [2.05, 4.69) is 0 Å². The van der Waals surface area contributed by atoms with Crippen LogP contribution < -0.4 is 4.74 Å². The first-order chi connectivity index (χ1) is 8.10. The normalized spacial score (nSPS) is 8.82. The van der Waals surface area contributed by atoms with Gasteiger partial charge < -0.3 is 9.84 Å². The van der Waals surface area contributed by atoms with Crippen molar-refractivity contribution in [2.24, 2.45) is 0 Å². The molecule has 4 nitrogen and oxygen atoms in total. The summed E-state index contributed by atoms with van der Waals surface area (Å²) in [5, 5.41) is 7.72. The number of ether oxygens (including phenoxy) is 1. The summed E-state index contributed by atoms with van der Waals surface area (Å²) in [6.45, 7) is 3.55. The van der Waals surface area contributed by atoms with Gasteiger partial charge in [0.25, 0.3) is 0 Å². The Morgan fingerprint density at radius 3 is 2.12 bits per heavy atom. The first kappa shape index (κ1) is 15.2. The molecule has 0 amide bonds. The van der Waals surface area contributed by atoms with Gasteiger partial charge in [-0.1, -0.05) is 32.0 Å². The first-order valence-electron chi connectivity index (χ1n) is 5.57. The molecule has 4 heteroatoms. The minimum Gasteiger partial charge on any atom is -0.481 e. The first-order valence-corrected chi connectivity index (χ1v) is 5.57. The van der Waals surface area contributed by atoms with Gasteiger partial charge in [-0.25, -0.2) is 0 Å². The van der Waals surface area contributed by atoms with E-state index in [1.807, 2.05) is 25.1 Å². The number of esters is 1. The summed E-state index contributed by atoms with van der Waals surface area (Å²) in [4.78, 5) is 20.4. The highest BCUT2D eigenvalue weighted by molar-refractivity contribution is 5.72. The number of benzene rings is 1. The highest BCUT2D eigenvalue weighted by Crippen LogP contribution is 2.09. The molecule has 17 heavy (non-hydrogen) atoms. The molecule has 0 aliphatic carbocycles. The van der Waals surface area contributed by atoms with Crippen molar-refractivity contribution in [2.75, 3.05) is 0 Å². The number of para-hydroxylation sites is 1. The van der Waals surface area contributed by atoms with E-state index in [4.69, 9.17) is 9.84 Å². The van der Waals surface area contributed by atoms with Crippen molar-refractivity contribution in [1.29, 1.82) is 0 Å². The predicted octanol–water partition coefficient (Wildman–Crippen LogP) is 2.87. The highest BCUT2D eigenvalue weighted by Gasteiger charge is 2.00. The van der Waals surface area contributed by atoms with Crippen LogP contribution in [-0.4, -0.2) is 17.0 Å². The molecular weight excluding hydrogens is 220 g/mol. The fourth-order valence-electron chi connectivity index (χ4n) is 0.875. The quantitative estimate of drug-likeness (QED) is 0.647. The largest absolute Gasteiger partial charge is 0.481 e. The van der Waals surface area contributed by atoms with E-state index in [-0.39, 0.29) is 12.4 Å². The molecule has 1 rings (SSSR count). The summed E-state index contributed by atoms with van der Waals surface area (Å²) in [6, 6.07) is 9.11. The van der Waals surface area contributed by atoms with Crippen molar-refractivity contribution in [3.05, 3.63) is 30.3 Å². The number of carbonyl (C=O) groups is 2. The zero-order valence-corrected chi connectivity index (χ0v) is 10.2. The average Bonchev–Trinajstić information content (AvgIpc) is 2.31. The lowest BCUT2D eigenvalue weighted by Crippen LogP contribution is -2.06. The Bertz CT molecular complexity index is 333. The summed E-state index contributed by atoms with van der Waals surface area (Å²) in [5.41, 5.74) is 0. The van der Waals surface area contributed by atoms with Crippen LogP contribution in [0.15, 0.2) is 30.3 Å². The number of carboxylic acid groups (broad SMARTS) is 1. The van der Waals surface area contributed by atoms with Gasteiger partial charge in [0.05, 0.1) is 0 Å². The van der Waals surface area contributed by atoms with Gasteiger partial charge in [0.1, 0.15) is 5.75 Å². The molecule has 1 N–H and O–H groups in total. The molecule has 1 aromatic carbocycles. The Balaban J connectivity index is 0.000000437. The fraction of sp³-hybridized carbons (Fsp3) is 0.385. The second-order valence-corrected chi connectivity index (χ2v) is 3.28. The molecule has 0 aliphatic heterocycles. The smallest absolute Gasteiger partial charge is 0.311 e. The van der Waals surface area contributed by atoms with Gasteiger partial charge in [0, 0.05) is 12.8 Å². The van der Waals surface area contributed by atoms with Crippen molar-refractivity contribution in [2.45, 2.75) is 33.1 Å². The molecule has 0 aromatic heterocycles. The van der Waals surface area contributed by atoms with E-state index in [9.17, 15) is 9.59 Å². The van der Waals surface area contributed by atoms with Crippen LogP contribution in [0.2, 0.25) is 0 Å². The monoisotopic (exact) mass is 238 g/mol. The summed E-state index contributed by atoms with van der Waals surface area (Å²) in [7, 11) is 0. The lowest BCUT2D eigenvalue weighted by Gasteiger charge is -2.01. The Morgan fingerprint density at radius 2 is 1.71 bits per heavy atom. The third-order valence-electron chi connectivity index (χ3n) is 1.73. The summed E-state index contributed by atoms with van der Waals surface area (Å²) < 4.78 is 5.02. The van der Waals surface area contributed by atoms with Crippen molar-refractivity contribution in [3.8, 4) is 5.75 Å². The second kappa shape index (κ2) is 9.39. The number of rotatable bonds is 4. The fourth-order valence-corrected chi connectivity index (χ4v) is 0.875. The Morgan fingerprint density at radius 1 is 1.18 bits per heavy atom. The Hall–Kier alpha value is -1.84. The minimum absolute atomic E-state index is 0.163. The molecular formula is C13H18O4. The molecule has 0 heterocycles. The van der Waals surface area contributed by atoms with Crippen LogP contribution in [-0.2, 0) is 9.59 Å². The lowest BCUT2D eigenvalue weighted by molar-refractivity contribution is -0.137. The van der Waals surface area contributed by atoms with Crippen LogP contribution >= 0.6 is 0 Å². The second-order valence-electron chi connectivity index (χ2n) is 3.28. The van der Waals surface area contributed by atoms with E-state index >= 15 is 0 Å². The van der Waals surface area contributed by atoms with Crippen LogP contribution in [0.3, 0.4) is 0 Å². The summed E-state index contributed by atoms with van der Waals surface area (Å²) in [6.07, 6.45) is 1.53. The standard InChI is InChI=1S/C10H12O2.C3H6O2/c1-2-6-10(11)12-9-7-4-3-5-8-9;1-2-3(4)5/h3-5,7-8H,2,6H2,1H3;2H2,1H3,(H,4,5). The van der Waals surface area contributed by atoms with Gasteiger partial charge in [-0.3, -0.25) is 9.59 Å². The van der Waals surface area contributed by atoms with Crippen LogP contribution in [0.5, 0.6) is 5.75 Å². The predicted molar refractivity (Wildman–Crippen MR) is 64.9 cm³/mol. The number of carbonyl (C=O) groups excluding carboxylic acids is 1. The Kier molecular flexibility index (Phi) is 8.37. The number of hydrogen-bond donors (Lipinski definition) is 1. The van der Waals surface area contributed by atoms with E-state index in [0.29, 0.717) is 12.2 Å². The van der Waals surface area contributed by atoms with Crippen LogP contribution in [0.25, 0.3) is 0 Å². The molecule has 1 aromatic rings. The summed E-state index contributed by atoms with van der Waals surface area (Å²) >= 11 is 0. The highest BCUT2D eigenvalue weighted by atomic mass is 16.5. The van der Waals surface area contributed by atoms with E-state index in [0.717, 1.165) is 6.42 Å². The van der Waals surface area contributed by atoms with Crippen molar-refractivity contribution >= 4 is 11.9 Å². The van der Waals surface area contributed by atoms with E-state index in [1.165, 1.54) is 0 Å². The molecule has 0 fully saturated rings. The third-order valence-corrected chi connectivity index (χ3v) is 1.73. The number of hydrogen-bond acceptors (Lipinski definition) is 3. The zero-order valence-electron chi connectivity index (χ0n) is 10.2. The van der Waals surface area contributed by atoms with Crippen LogP contribution in [0.1, 0.15) is 33.1 Å². The van der Waals surface area contributed by atoms with Crippen LogP contribution in [0.4, 0.5) is 0 Å². The van der Waals surface area contributed by atoms with Gasteiger partial charge >= 0.3 is 11.9 Å². The van der Waals surface area contributed by atoms with Gasteiger partial charge in [-0.2, -0.15) is 0 Å². The topological polar surface area (TPSA) is 63.6 Å². The van der Waals surface area contributed by atoms with Gasteiger partial charge in [-0.05, 0) is 18.6 Å². The van der Waals surface area contributed by atoms with Crippen molar-refractivity contribution < 1.29 is 19.4 Å². The van der Waals surface area contributed by atoms with Crippen molar-refractivity contribution in [3.63, 3.8) is 0 Å². The SMILES string of the molecule is CCC(=O)O.CCCC(=O)Oc1ccccc1. The van der Waals surface area contributed by atoms with Crippen molar-refractivity contribution in [1.82, 2.24) is 0 Å². The number of carboxylic acids is 1. The molecule has 0 saturated heterocycles. The molecule has 0 atom stereocenters. The van der Waals surface area contributed by atoms with Gasteiger partial charge in [0.2, 0.25) is 0 Å². The maximum absolute atomic E-state index is 11.0. The number of aliphatic carboxylic acids is 1. The molecule has 0 unspecified atom stereocenters. The maximum Gasteiger partial charge on any atom is 0.311 e. The summed E-state index contributed by atoms with van der Waals surface area (Å²) in [5.74, 6) is -0.287. The van der Waals surface area contributed by atoms with Crippen LogP contribution in [0, 0.1) is 0 Å². The van der Waals surface area contributed by atoms with E-state index in [1.54, 1.807) is 19.1 Å². The average molecular weight is 238 g/mol. The molecule has 0 spiro atoms. The van der Waals surface area contributed by atoms with E-state index < -0.39 is 5.97 Å². The third kappa shape index (κ3) is 9.11. The molecule has 0 saturated carbocycles. The minimum atomic E-state index is -0.745. The zero-order chi connectivity index (χ0) is 13.1. The molecule has 0 bridgehead atoms. The molecule has 94 valence electrons. The maximum atomic E-state index is 11.0.